The van der Waals surface area contributed by atoms with Crippen LogP contribution in [0.15, 0.2) is 146 Å². The van der Waals surface area contributed by atoms with Gasteiger partial charge in [-0.25, -0.2) is 9.59 Å². The number of Topliss-reactive ketones (excluding diaryl/α,β-unsaturated/α-hetero) is 2. The molecule has 69 heavy (non-hydrogen) atoms. The summed E-state index contributed by atoms with van der Waals surface area (Å²) in [6.07, 6.45) is 0. The standard InChI is InChI=1S/C55H50N4O10/c1-31(2)47(60)29-68-53(66)41-23-19-36(27-43(41)51(64)56-8)55(6,7)37-20-24-42(54(67)69-30-48(61)32(3)4)44(28-37)52(65)57-38-21-17-35(18-22-38)50(63)59-46-26-25-45(39-11-9-10-12-40(39)46)58-49(62)34-15-13-33(5)14-16-34/h9-28H,1,3,29-30H2,2,4-8H3,(H,56,64)(H,57,65)(H,58,62)(H,59,63). The maximum absolute atomic E-state index is 14.2. The Bertz CT molecular complexity index is 3100. The number of ether oxygens (including phenoxy) is 2. The highest BCUT2D eigenvalue weighted by atomic mass is 16.5. The van der Waals surface area contributed by atoms with Crippen molar-refractivity contribution in [2.24, 2.45) is 0 Å². The number of nitrogens with one attached hydrogen (secondary N) is 4. The molecule has 4 N–H and O–H groups in total. The van der Waals surface area contributed by atoms with E-state index in [1.807, 2.05) is 57.2 Å². The molecule has 0 fully saturated rings. The second-order valence-electron chi connectivity index (χ2n) is 16.8. The number of ketones is 2. The molecule has 0 aromatic heterocycles. The Labute approximate surface area is 398 Å². The van der Waals surface area contributed by atoms with Crippen molar-refractivity contribution in [3.8, 4) is 0 Å². The van der Waals surface area contributed by atoms with Crippen molar-refractivity contribution in [3.63, 3.8) is 0 Å². The van der Waals surface area contributed by atoms with Gasteiger partial charge < -0.3 is 30.7 Å². The van der Waals surface area contributed by atoms with Gasteiger partial charge in [0.25, 0.3) is 23.6 Å². The second-order valence-corrected chi connectivity index (χ2v) is 16.8. The van der Waals surface area contributed by atoms with Crippen LogP contribution in [0.3, 0.4) is 0 Å². The summed E-state index contributed by atoms with van der Waals surface area (Å²) in [4.78, 5) is 105. The number of carbonyl (C=O) groups is 8. The van der Waals surface area contributed by atoms with Gasteiger partial charge in [0, 0.05) is 51.4 Å². The first-order valence-corrected chi connectivity index (χ1v) is 21.6. The number of hydrogen-bond acceptors (Lipinski definition) is 10. The molecule has 6 aromatic rings. The number of aryl methyl sites for hydroxylation is 1. The Morgan fingerprint density at radius 1 is 0.507 bits per heavy atom. The fraction of sp³-hybridized carbons (Fsp3) is 0.164. The van der Waals surface area contributed by atoms with Gasteiger partial charge in [-0.3, -0.25) is 28.8 Å². The molecule has 0 unspecified atom stereocenters. The van der Waals surface area contributed by atoms with E-state index in [0.29, 0.717) is 38.8 Å². The lowest BCUT2D eigenvalue weighted by Gasteiger charge is -2.28. The Morgan fingerprint density at radius 3 is 1.35 bits per heavy atom. The van der Waals surface area contributed by atoms with E-state index in [9.17, 15) is 38.4 Å². The Kier molecular flexibility index (Phi) is 15.3. The Hall–Kier alpha value is -8.78. The van der Waals surface area contributed by atoms with Crippen LogP contribution in [0.4, 0.5) is 17.1 Å². The van der Waals surface area contributed by atoms with Crippen LogP contribution in [0.25, 0.3) is 10.8 Å². The normalized spacial score (nSPS) is 10.9. The molecular weight excluding hydrogens is 877 g/mol. The molecule has 0 aliphatic heterocycles. The van der Waals surface area contributed by atoms with Crippen LogP contribution >= 0.6 is 0 Å². The highest BCUT2D eigenvalue weighted by Gasteiger charge is 2.30. The van der Waals surface area contributed by atoms with E-state index in [0.717, 1.165) is 5.56 Å². The van der Waals surface area contributed by atoms with E-state index in [2.05, 4.69) is 34.4 Å². The second kappa shape index (κ2) is 21.2. The zero-order valence-corrected chi connectivity index (χ0v) is 39.0. The molecule has 14 heteroatoms. The van der Waals surface area contributed by atoms with Gasteiger partial charge in [-0.05, 0) is 116 Å². The van der Waals surface area contributed by atoms with Crippen LogP contribution in [-0.4, -0.2) is 67.4 Å². The lowest BCUT2D eigenvalue weighted by molar-refractivity contribution is -0.119. The van der Waals surface area contributed by atoms with Crippen LogP contribution in [0, 0.1) is 6.92 Å². The SMILES string of the molecule is C=C(C)C(=O)COC(=O)c1ccc(C(C)(C)c2ccc(C(=O)OCC(=O)C(=C)C)c(C(=O)Nc3ccc(C(=O)Nc4ccc(NC(=O)c5ccc(C)cc5)c5ccccc45)cc3)c2)cc1C(=O)NC. The third kappa shape index (κ3) is 11.6. The van der Waals surface area contributed by atoms with Crippen LogP contribution in [0.2, 0.25) is 0 Å². The summed E-state index contributed by atoms with van der Waals surface area (Å²) in [6, 6.07) is 33.1. The smallest absolute Gasteiger partial charge is 0.339 e. The van der Waals surface area contributed by atoms with Crippen molar-refractivity contribution in [1.82, 2.24) is 5.32 Å². The third-order valence-electron chi connectivity index (χ3n) is 11.4. The first-order chi connectivity index (χ1) is 32.8. The van der Waals surface area contributed by atoms with Crippen molar-refractivity contribution >= 4 is 75.0 Å². The van der Waals surface area contributed by atoms with Crippen molar-refractivity contribution in [3.05, 3.63) is 196 Å². The fourth-order valence-electron chi connectivity index (χ4n) is 7.08. The molecule has 14 nitrogen and oxygen atoms in total. The summed E-state index contributed by atoms with van der Waals surface area (Å²) < 4.78 is 10.5. The van der Waals surface area contributed by atoms with Crippen molar-refractivity contribution in [2.75, 3.05) is 36.2 Å². The zero-order valence-electron chi connectivity index (χ0n) is 39.0. The number of anilines is 3. The van der Waals surface area contributed by atoms with E-state index in [-0.39, 0.29) is 50.6 Å². The first kappa shape index (κ1) is 49.6. The maximum Gasteiger partial charge on any atom is 0.339 e. The molecule has 0 radical (unpaired) electrons. The predicted molar refractivity (Wildman–Crippen MR) is 264 cm³/mol. The molecule has 0 aliphatic carbocycles. The Balaban J connectivity index is 1.25. The highest BCUT2D eigenvalue weighted by molar-refractivity contribution is 6.15. The summed E-state index contributed by atoms with van der Waals surface area (Å²) >= 11 is 0. The number of fused-ring (bicyclic) bond motifs is 1. The topological polar surface area (TPSA) is 203 Å². The summed E-state index contributed by atoms with van der Waals surface area (Å²) in [6.45, 7) is 14.5. The predicted octanol–water partition coefficient (Wildman–Crippen LogP) is 9.19. The minimum atomic E-state index is -0.982. The van der Waals surface area contributed by atoms with Gasteiger partial charge in [-0.1, -0.05) is 81.1 Å². The summed E-state index contributed by atoms with van der Waals surface area (Å²) in [5.74, 6) is -4.87. The average molecular weight is 927 g/mol. The number of esters is 2. The van der Waals surface area contributed by atoms with Gasteiger partial charge in [0.05, 0.1) is 22.3 Å². The largest absolute Gasteiger partial charge is 0.454 e. The highest BCUT2D eigenvalue weighted by Crippen LogP contribution is 2.35. The lowest BCUT2D eigenvalue weighted by Crippen LogP contribution is -2.26. The summed E-state index contributed by atoms with van der Waals surface area (Å²) in [5.41, 5.74) is 3.21. The molecule has 4 amide bonds. The van der Waals surface area contributed by atoms with E-state index < -0.39 is 59.9 Å². The van der Waals surface area contributed by atoms with E-state index in [1.165, 1.54) is 69.4 Å². The summed E-state index contributed by atoms with van der Waals surface area (Å²) in [7, 11) is 1.40. The number of benzene rings is 6. The molecule has 0 saturated heterocycles. The van der Waals surface area contributed by atoms with Crippen molar-refractivity contribution in [1.29, 1.82) is 0 Å². The zero-order chi connectivity index (χ0) is 50.2. The molecule has 6 aromatic carbocycles. The fourth-order valence-corrected chi connectivity index (χ4v) is 7.08. The first-order valence-electron chi connectivity index (χ1n) is 21.6. The minimum absolute atomic E-state index is 0.0286. The van der Waals surface area contributed by atoms with Crippen molar-refractivity contribution in [2.45, 2.75) is 40.0 Å². The van der Waals surface area contributed by atoms with Crippen LogP contribution in [0.1, 0.15) is 107 Å². The number of rotatable bonds is 17. The molecule has 0 saturated carbocycles. The van der Waals surface area contributed by atoms with Crippen LogP contribution in [0.5, 0.6) is 0 Å². The monoisotopic (exact) mass is 926 g/mol. The number of carbonyl (C=O) groups excluding carboxylic acids is 8. The minimum Gasteiger partial charge on any atom is -0.454 e. The third-order valence-corrected chi connectivity index (χ3v) is 11.4. The average Bonchev–Trinajstić information content (AvgIpc) is 3.34. The maximum atomic E-state index is 14.2. The number of amides is 4. The molecule has 350 valence electrons. The van der Waals surface area contributed by atoms with Gasteiger partial charge in [0.1, 0.15) is 0 Å². The number of hydrogen-bond donors (Lipinski definition) is 4. The molecule has 0 bridgehead atoms. The van der Waals surface area contributed by atoms with E-state index in [1.54, 1.807) is 36.4 Å². The van der Waals surface area contributed by atoms with Crippen LogP contribution < -0.4 is 21.3 Å². The summed E-state index contributed by atoms with van der Waals surface area (Å²) in [5, 5.41) is 12.6. The van der Waals surface area contributed by atoms with Gasteiger partial charge >= 0.3 is 11.9 Å². The quantitative estimate of drug-likeness (QED) is 0.0504. The van der Waals surface area contributed by atoms with Gasteiger partial charge in [0.2, 0.25) is 0 Å². The van der Waals surface area contributed by atoms with Gasteiger partial charge in [-0.2, -0.15) is 0 Å². The lowest BCUT2D eigenvalue weighted by atomic mass is 9.76. The molecule has 6 rings (SSSR count). The van der Waals surface area contributed by atoms with E-state index in [4.69, 9.17) is 9.47 Å². The van der Waals surface area contributed by atoms with Crippen LogP contribution in [-0.2, 0) is 24.5 Å². The van der Waals surface area contributed by atoms with Gasteiger partial charge in [-0.15, -0.1) is 0 Å². The van der Waals surface area contributed by atoms with E-state index >= 15 is 0 Å². The Morgan fingerprint density at radius 2 is 0.928 bits per heavy atom. The molecule has 0 spiro atoms. The molecule has 0 heterocycles. The molecule has 0 aliphatic rings. The molecular formula is C55H50N4O10. The van der Waals surface area contributed by atoms with Crippen molar-refractivity contribution < 1.29 is 47.8 Å². The molecule has 0 atom stereocenters. The van der Waals surface area contributed by atoms with Gasteiger partial charge in [0.15, 0.2) is 24.8 Å².